The van der Waals surface area contributed by atoms with Crippen LogP contribution in [0.3, 0.4) is 0 Å². The summed E-state index contributed by atoms with van der Waals surface area (Å²) in [6.45, 7) is 1.61. The molecular formula is C15H19BrN2O2. The van der Waals surface area contributed by atoms with Gasteiger partial charge in [-0.2, -0.15) is 0 Å². The van der Waals surface area contributed by atoms with Crippen molar-refractivity contribution in [3.05, 3.63) is 28.2 Å². The van der Waals surface area contributed by atoms with Crippen molar-refractivity contribution < 1.29 is 9.53 Å². The third-order valence-electron chi connectivity index (χ3n) is 3.83. The van der Waals surface area contributed by atoms with Crippen molar-refractivity contribution in [2.75, 3.05) is 13.6 Å². The van der Waals surface area contributed by atoms with Gasteiger partial charge in [-0.3, -0.25) is 4.79 Å². The highest BCUT2D eigenvalue weighted by Crippen LogP contribution is 2.26. The van der Waals surface area contributed by atoms with Crippen LogP contribution >= 0.6 is 15.9 Å². The summed E-state index contributed by atoms with van der Waals surface area (Å²) in [6.07, 6.45) is 2.99. The van der Waals surface area contributed by atoms with Crippen molar-refractivity contribution in [2.45, 2.75) is 38.0 Å². The van der Waals surface area contributed by atoms with Gasteiger partial charge < -0.3 is 15.0 Å². The quantitative estimate of drug-likeness (QED) is 0.895. The summed E-state index contributed by atoms with van der Waals surface area (Å²) < 4.78 is 6.91. The molecule has 2 fully saturated rings. The molecule has 1 saturated heterocycles. The number of amides is 1. The first-order valence-corrected chi connectivity index (χ1v) is 7.86. The molecule has 1 atom stereocenters. The second kappa shape index (κ2) is 5.74. The molecule has 1 aliphatic heterocycles. The van der Waals surface area contributed by atoms with Crippen LogP contribution in [0.5, 0.6) is 5.75 Å². The predicted octanol–water partition coefficient (Wildman–Crippen LogP) is 2.31. The van der Waals surface area contributed by atoms with Crippen molar-refractivity contribution in [3.8, 4) is 5.75 Å². The number of carbonyl (C=O) groups excluding carboxylic acids is 1. The summed E-state index contributed by atoms with van der Waals surface area (Å²) in [5, 5.41) is 3.49. The summed E-state index contributed by atoms with van der Waals surface area (Å²) >= 11 is 3.56. The number of likely N-dealkylation sites (tertiary alicyclic amines) is 1. The van der Waals surface area contributed by atoms with E-state index in [4.69, 9.17) is 4.74 Å². The number of benzene rings is 1. The average Bonchev–Trinajstić information content (AvgIpc) is 3.21. The molecule has 0 bridgehead atoms. The molecule has 5 heteroatoms. The highest BCUT2D eigenvalue weighted by molar-refractivity contribution is 9.10. The maximum atomic E-state index is 11.9. The zero-order chi connectivity index (χ0) is 14.1. The molecule has 0 spiro atoms. The SMILES string of the molecule is CN1CCC(Oc2ccc(Br)c(CNC3CC3)c2)C1=O. The molecule has 0 radical (unpaired) electrons. The molecule has 1 aromatic rings. The van der Waals surface area contributed by atoms with Crippen LogP contribution in [0, 0.1) is 0 Å². The summed E-state index contributed by atoms with van der Waals surface area (Å²) in [7, 11) is 1.82. The molecule has 1 aliphatic carbocycles. The van der Waals surface area contributed by atoms with E-state index in [9.17, 15) is 4.79 Å². The van der Waals surface area contributed by atoms with E-state index >= 15 is 0 Å². The number of nitrogens with zero attached hydrogens (tertiary/aromatic N) is 1. The van der Waals surface area contributed by atoms with Gasteiger partial charge in [0.25, 0.3) is 5.91 Å². The second-order valence-electron chi connectivity index (χ2n) is 5.56. The van der Waals surface area contributed by atoms with E-state index in [2.05, 4.69) is 21.2 Å². The van der Waals surface area contributed by atoms with Gasteiger partial charge in [0.15, 0.2) is 6.10 Å². The molecule has 1 aromatic carbocycles. The van der Waals surface area contributed by atoms with Crippen molar-refractivity contribution in [3.63, 3.8) is 0 Å². The van der Waals surface area contributed by atoms with Crippen LogP contribution in [0.15, 0.2) is 22.7 Å². The number of nitrogens with one attached hydrogen (secondary N) is 1. The fourth-order valence-electron chi connectivity index (χ4n) is 2.37. The predicted molar refractivity (Wildman–Crippen MR) is 80.7 cm³/mol. The zero-order valence-electron chi connectivity index (χ0n) is 11.6. The fourth-order valence-corrected chi connectivity index (χ4v) is 2.75. The Morgan fingerprint density at radius 3 is 2.85 bits per heavy atom. The molecule has 1 saturated carbocycles. The van der Waals surface area contributed by atoms with Crippen molar-refractivity contribution in [2.24, 2.45) is 0 Å². The van der Waals surface area contributed by atoms with Gasteiger partial charge in [-0.15, -0.1) is 0 Å². The molecule has 1 heterocycles. The Labute approximate surface area is 127 Å². The minimum Gasteiger partial charge on any atom is -0.481 e. The number of ether oxygens (including phenoxy) is 1. The normalized spacial score (nSPS) is 22.4. The Bertz CT molecular complexity index is 517. The van der Waals surface area contributed by atoms with Gasteiger partial charge in [-0.25, -0.2) is 0 Å². The van der Waals surface area contributed by atoms with E-state index in [1.54, 1.807) is 4.90 Å². The highest BCUT2D eigenvalue weighted by Gasteiger charge is 2.30. The highest BCUT2D eigenvalue weighted by atomic mass is 79.9. The number of halogens is 1. The summed E-state index contributed by atoms with van der Waals surface area (Å²) in [6, 6.07) is 6.60. The van der Waals surface area contributed by atoms with E-state index in [1.807, 2.05) is 25.2 Å². The number of carbonyl (C=O) groups is 1. The summed E-state index contributed by atoms with van der Waals surface area (Å²) in [5.74, 6) is 0.847. The van der Waals surface area contributed by atoms with Crippen LogP contribution in [-0.2, 0) is 11.3 Å². The number of rotatable bonds is 5. The van der Waals surface area contributed by atoms with Crippen LogP contribution in [0.25, 0.3) is 0 Å². The lowest BCUT2D eigenvalue weighted by atomic mass is 10.2. The minimum absolute atomic E-state index is 0.0746. The Hall–Kier alpha value is -1.07. The van der Waals surface area contributed by atoms with E-state index in [0.29, 0.717) is 6.04 Å². The van der Waals surface area contributed by atoms with E-state index in [0.717, 1.165) is 29.7 Å². The molecule has 108 valence electrons. The second-order valence-corrected chi connectivity index (χ2v) is 6.42. The molecule has 1 amide bonds. The van der Waals surface area contributed by atoms with Crippen LogP contribution in [0.2, 0.25) is 0 Å². The first-order chi connectivity index (χ1) is 9.63. The molecule has 4 nitrogen and oxygen atoms in total. The lowest BCUT2D eigenvalue weighted by Gasteiger charge is -2.14. The average molecular weight is 339 g/mol. The maximum absolute atomic E-state index is 11.9. The van der Waals surface area contributed by atoms with Gasteiger partial charge in [0.1, 0.15) is 5.75 Å². The first-order valence-electron chi connectivity index (χ1n) is 7.07. The van der Waals surface area contributed by atoms with Crippen LogP contribution < -0.4 is 10.1 Å². The number of likely N-dealkylation sites (N-methyl/N-ethyl adjacent to an activating group) is 1. The van der Waals surface area contributed by atoms with Crippen molar-refractivity contribution >= 4 is 21.8 Å². The van der Waals surface area contributed by atoms with Gasteiger partial charge in [0.05, 0.1) is 0 Å². The Morgan fingerprint density at radius 1 is 1.40 bits per heavy atom. The number of hydrogen-bond donors (Lipinski definition) is 1. The molecule has 1 N–H and O–H groups in total. The minimum atomic E-state index is -0.328. The lowest BCUT2D eigenvalue weighted by molar-refractivity contribution is -0.132. The van der Waals surface area contributed by atoms with Gasteiger partial charge in [-0.05, 0) is 36.6 Å². The fraction of sp³-hybridized carbons (Fsp3) is 0.533. The van der Waals surface area contributed by atoms with Crippen molar-refractivity contribution in [1.29, 1.82) is 0 Å². The lowest BCUT2D eigenvalue weighted by Crippen LogP contribution is -2.29. The smallest absolute Gasteiger partial charge is 0.263 e. The Morgan fingerprint density at radius 2 is 2.20 bits per heavy atom. The van der Waals surface area contributed by atoms with Gasteiger partial charge >= 0.3 is 0 Å². The largest absolute Gasteiger partial charge is 0.481 e. The van der Waals surface area contributed by atoms with Crippen LogP contribution in [0.4, 0.5) is 0 Å². The van der Waals surface area contributed by atoms with E-state index < -0.39 is 0 Å². The number of hydrogen-bond acceptors (Lipinski definition) is 3. The van der Waals surface area contributed by atoms with Crippen molar-refractivity contribution in [1.82, 2.24) is 10.2 Å². The van der Waals surface area contributed by atoms with E-state index in [1.165, 1.54) is 18.4 Å². The molecule has 3 rings (SSSR count). The first kappa shape index (κ1) is 13.9. The zero-order valence-corrected chi connectivity index (χ0v) is 13.1. The topological polar surface area (TPSA) is 41.6 Å². The molecule has 0 aromatic heterocycles. The van der Waals surface area contributed by atoms with Crippen LogP contribution in [-0.4, -0.2) is 36.5 Å². The Balaban J connectivity index is 1.66. The standard InChI is InChI=1S/C15H19BrN2O2/c1-18-7-6-14(15(18)19)20-12-4-5-13(16)10(8-12)9-17-11-2-3-11/h4-5,8,11,14,17H,2-3,6-7,9H2,1H3. The third-order valence-corrected chi connectivity index (χ3v) is 4.61. The maximum Gasteiger partial charge on any atom is 0.263 e. The molecular weight excluding hydrogens is 320 g/mol. The molecule has 20 heavy (non-hydrogen) atoms. The Kier molecular flexibility index (Phi) is 3.98. The summed E-state index contributed by atoms with van der Waals surface area (Å²) in [4.78, 5) is 13.6. The summed E-state index contributed by atoms with van der Waals surface area (Å²) in [5.41, 5.74) is 1.17. The molecule has 1 unspecified atom stereocenters. The van der Waals surface area contributed by atoms with Gasteiger partial charge in [0.2, 0.25) is 0 Å². The van der Waals surface area contributed by atoms with Gasteiger partial charge in [0, 0.05) is 37.1 Å². The van der Waals surface area contributed by atoms with Gasteiger partial charge in [-0.1, -0.05) is 15.9 Å². The van der Waals surface area contributed by atoms with E-state index in [-0.39, 0.29) is 12.0 Å². The van der Waals surface area contributed by atoms with Crippen LogP contribution in [0.1, 0.15) is 24.8 Å². The monoisotopic (exact) mass is 338 g/mol. The third kappa shape index (κ3) is 3.15. The molecule has 2 aliphatic rings.